The zero-order valence-electron chi connectivity index (χ0n) is 14.7. The van der Waals surface area contributed by atoms with Gasteiger partial charge < -0.3 is 16.4 Å². The molecule has 9 heteroatoms. The molecule has 0 heterocycles. The van der Waals surface area contributed by atoms with Gasteiger partial charge in [-0.3, -0.25) is 9.59 Å². The first-order chi connectivity index (χ1) is 11.4. The van der Waals surface area contributed by atoms with Crippen molar-refractivity contribution in [1.29, 1.82) is 0 Å². The summed E-state index contributed by atoms with van der Waals surface area (Å²) in [5.74, 6) is -1.83. The minimum absolute atomic E-state index is 0.0571. The molecule has 0 bridgehead atoms. The van der Waals surface area contributed by atoms with Crippen molar-refractivity contribution in [3.05, 3.63) is 29.6 Å². The summed E-state index contributed by atoms with van der Waals surface area (Å²) in [4.78, 5) is 23.2. The maximum absolute atomic E-state index is 13.9. The number of hydrogen-bond donors (Lipinski definition) is 3. The second kappa shape index (κ2) is 8.39. The first-order valence-corrected chi connectivity index (χ1v) is 9.64. The van der Waals surface area contributed by atoms with Crippen molar-refractivity contribution in [1.82, 2.24) is 10.6 Å². The summed E-state index contributed by atoms with van der Waals surface area (Å²) in [6.45, 7) is 4.95. The molecule has 0 spiro atoms. The molecule has 0 aliphatic carbocycles. The van der Waals surface area contributed by atoms with Crippen LogP contribution in [0.3, 0.4) is 0 Å². The fourth-order valence-electron chi connectivity index (χ4n) is 2.05. The molecule has 0 saturated heterocycles. The zero-order chi connectivity index (χ0) is 19.4. The highest BCUT2D eigenvalue weighted by Gasteiger charge is 2.19. The van der Waals surface area contributed by atoms with E-state index in [0.717, 1.165) is 18.4 Å². The molecule has 1 unspecified atom stereocenters. The number of nitrogens with two attached hydrogens (primary N) is 1. The molecule has 1 aromatic carbocycles. The summed E-state index contributed by atoms with van der Waals surface area (Å²) in [6, 6.07) is 2.38. The van der Waals surface area contributed by atoms with Crippen molar-refractivity contribution in [3.8, 4) is 0 Å². The monoisotopic (exact) mass is 373 g/mol. The highest BCUT2D eigenvalue weighted by Crippen LogP contribution is 2.20. The molecule has 0 radical (unpaired) electrons. The Balaban J connectivity index is 2.67. The summed E-state index contributed by atoms with van der Waals surface area (Å²) in [5.41, 5.74) is 6.08. The first kappa shape index (κ1) is 21.0. The Bertz CT molecular complexity index is 750. The van der Waals surface area contributed by atoms with Gasteiger partial charge >= 0.3 is 0 Å². The van der Waals surface area contributed by atoms with Crippen LogP contribution in [-0.4, -0.2) is 39.1 Å². The molecule has 0 aliphatic heterocycles. The van der Waals surface area contributed by atoms with Crippen molar-refractivity contribution in [2.24, 2.45) is 11.7 Å². The third-order valence-corrected chi connectivity index (χ3v) is 4.81. The molecule has 7 nitrogen and oxygen atoms in total. The van der Waals surface area contributed by atoms with Gasteiger partial charge in [-0.15, -0.1) is 0 Å². The van der Waals surface area contributed by atoms with Crippen molar-refractivity contribution < 1.29 is 22.4 Å². The van der Waals surface area contributed by atoms with E-state index in [2.05, 4.69) is 10.6 Å². The topological polar surface area (TPSA) is 118 Å². The van der Waals surface area contributed by atoms with Crippen molar-refractivity contribution in [3.63, 3.8) is 0 Å². The molecule has 2 amide bonds. The van der Waals surface area contributed by atoms with Crippen LogP contribution in [0.5, 0.6) is 0 Å². The molecule has 1 aromatic rings. The Labute approximate surface area is 147 Å². The molecule has 0 aliphatic rings. The van der Waals surface area contributed by atoms with Gasteiger partial charge in [0, 0.05) is 6.26 Å². The van der Waals surface area contributed by atoms with E-state index >= 15 is 0 Å². The highest BCUT2D eigenvalue weighted by atomic mass is 32.2. The van der Waals surface area contributed by atoms with Gasteiger partial charge in [0.2, 0.25) is 11.8 Å². The number of carbonyl (C=O) groups is 2. The van der Waals surface area contributed by atoms with Gasteiger partial charge in [0.1, 0.15) is 10.7 Å². The fourth-order valence-corrected chi connectivity index (χ4v) is 2.78. The van der Waals surface area contributed by atoms with Crippen LogP contribution < -0.4 is 16.4 Å². The van der Waals surface area contributed by atoms with Gasteiger partial charge in [0.05, 0.1) is 18.6 Å². The van der Waals surface area contributed by atoms with Gasteiger partial charge in [-0.2, -0.15) is 0 Å². The van der Waals surface area contributed by atoms with Gasteiger partial charge in [-0.05, 0) is 30.5 Å². The molecular formula is C16H24FN3O4S. The third-order valence-electron chi connectivity index (χ3n) is 3.68. The lowest BCUT2D eigenvalue weighted by Crippen LogP contribution is -2.47. The van der Waals surface area contributed by atoms with Crippen LogP contribution in [0.4, 0.5) is 4.39 Å². The van der Waals surface area contributed by atoms with Crippen molar-refractivity contribution in [2.45, 2.75) is 37.8 Å². The van der Waals surface area contributed by atoms with Crippen LogP contribution in [-0.2, 0) is 19.4 Å². The summed E-state index contributed by atoms with van der Waals surface area (Å²) in [7, 11) is -3.65. The average molecular weight is 373 g/mol. The quantitative estimate of drug-likeness (QED) is 0.643. The predicted molar refractivity (Wildman–Crippen MR) is 91.9 cm³/mol. The van der Waals surface area contributed by atoms with E-state index in [1.165, 1.54) is 6.07 Å². The Morgan fingerprint density at radius 3 is 2.32 bits per heavy atom. The van der Waals surface area contributed by atoms with Crippen LogP contribution in [0.25, 0.3) is 0 Å². The number of rotatable bonds is 7. The molecule has 140 valence electrons. The second-order valence-corrected chi connectivity index (χ2v) is 8.22. The number of nitrogens with one attached hydrogen (secondary N) is 2. The summed E-state index contributed by atoms with van der Waals surface area (Å²) in [5, 5.41) is 5.03. The van der Waals surface area contributed by atoms with Gasteiger partial charge in [-0.25, -0.2) is 12.8 Å². The van der Waals surface area contributed by atoms with Gasteiger partial charge in [0.25, 0.3) is 0 Å². The van der Waals surface area contributed by atoms with E-state index in [0.29, 0.717) is 5.56 Å². The zero-order valence-corrected chi connectivity index (χ0v) is 15.5. The number of sulfone groups is 1. The van der Waals surface area contributed by atoms with Crippen LogP contribution in [0.15, 0.2) is 23.1 Å². The van der Waals surface area contributed by atoms with Crippen molar-refractivity contribution >= 4 is 21.7 Å². The van der Waals surface area contributed by atoms with E-state index in [1.54, 1.807) is 20.8 Å². The predicted octanol–water partition coefficient (Wildman–Crippen LogP) is 0.506. The van der Waals surface area contributed by atoms with E-state index in [9.17, 15) is 22.4 Å². The maximum atomic E-state index is 13.9. The van der Waals surface area contributed by atoms with Crippen LogP contribution >= 0.6 is 0 Å². The number of benzene rings is 1. The van der Waals surface area contributed by atoms with E-state index < -0.39 is 44.4 Å². The Kier molecular flexibility index (Phi) is 7.06. The normalized spacial score (nSPS) is 14.0. The van der Waals surface area contributed by atoms with E-state index in [-0.39, 0.29) is 12.5 Å². The maximum Gasteiger partial charge on any atom is 0.239 e. The molecular weight excluding hydrogens is 349 g/mol. The van der Waals surface area contributed by atoms with E-state index in [4.69, 9.17) is 5.73 Å². The fraction of sp³-hybridized carbons (Fsp3) is 0.500. The smallest absolute Gasteiger partial charge is 0.239 e. The number of amides is 2. The standard InChI is InChI=1S/C16H24FN3O4S/c1-9(2)15(18)16(22)19-8-14(21)20-10(3)11-5-6-13(12(17)7-11)25(4,23)24/h5-7,9-10,15H,8,18H2,1-4H3,(H,19,22)(H,20,21)/t10?,15-/m0/s1. The SMILES string of the molecule is CC(NC(=O)CNC(=O)[C@@H](N)C(C)C)c1ccc(S(C)(=O)=O)c(F)c1. The lowest BCUT2D eigenvalue weighted by atomic mass is 10.1. The summed E-state index contributed by atoms with van der Waals surface area (Å²) >= 11 is 0. The number of hydrogen-bond acceptors (Lipinski definition) is 5. The molecule has 4 N–H and O–H groups in total. The Morgan fingerprint density at radius 1 is 1.24 bits per heavy atom. The number of carbonyl (C=O) groups excluding carboxylic acids is 2. The largest absolute Gasteiger partial charge is 0.348 e. The molecule has 0 fully saturated rings. The molecule has 25 heavy (non-hydrogen) atoms. The number of halogens is 1. The van der Waals surface area contributed by atoms with Gasteiger partial charge in [0.15, 0.2) is 9.84 Å². The van der Waals surface area contributed by atoms with Crippen LogP contribution in [0.1, 0.15) is 32.4 Å². The van der Waals surface area contributed by atoms with E-state index in [1.807, 2.05) is 0 Å². The minimum atomic E-state index is -3.65. The first-order valence-electron chi connectivity index (χ1n) is 7.75. The van der Waals surface area contributed by atoms with Crippen LogP contribution in [0, 0.1) is 11.7 Å². The molecule has 1 rings (SSSR count). The minimum Gasteiger partial charge on any atom is -0.348 e. The second-order valence-electron chi connectivity index (χ2n) is 6.24. The molecule has 2 atom stereocenters. The third kappa shape index (κ3) is 6.09. The average Bonchev–Trinajstić information content (AvgIpc) is 2.50. The van der Waals surface area contributed by atoms with Crippen molar-refractivity contribution in [2.75, 3.05) is 12.8 Å². The van der Waals surface area contributed by atoms with Gasteiger partial charge in [-0.1, -0.05) is 19.9 Å². The Morgan fingerprint density at radius 2 is 1.84 bits per heavy atom. The van der Waals surface area contributed by atoms with Crippen LogP contribution in [0.2, 0.25) is 0 Å². The highest BCUT2D eigenvalue weighted by molar-refractivity contribution is 7.90. The summed E-state index contributed by atoms with van der Waals surface area (Å²) < 4.78 is 36.7. The summed E-state index contributed by atoms with van der Waals surface area (Å²) in [6.07, 6.45) is 0.917. The molecule has 0 aromatic heterocycles. The lowest BCUT2D eigenvalue weighted by Gasteiger charge is -2.17. The molecule has 0 saturated carbocycles. The lowest BCUT2D eigenvalue weighted by molar-refractivity contribution is -0.127. The Hall–Kier alpha value is -2.00.